The number of para-hydroxylation sites is 1. The molecule has 0 amide bonds. The van der Waals surface area contributed by atoms with Gasteiger partial charge in [0.2, 0.25) is 0 Å². The van der Waals surface area contributed by atoms with Crippen molar-refractivity contribution in [1.29, 1.82) is 0 Å². The van der Waals surface area contributed by atoms with Gasteiger partial charge in [-0.05, 0) is 68.2 Å². The van der Waals surface area contributed by atoms with Crippen LogP contribution in [-0.4, -0.2) is 23.0 Å². The van der Waals surface area contributed by atoms with Crippen molar-refractivity contribution in [3.8, 4) is 33.6 Å². The van der Waals surface area contributed by atoms with Crippen LogP contribution in [0.25, 0.3) is 66.4 Å². The van der Waals surface area contributed by atoms with Crippen LogP contribution in [0.15, 0.2) is 156 Å². The van der Waals surface area contributed by atoms with Gasteiger partial charge in [-0.15, -0.1) is 35.4 Å². The van der Waals surface area contributed by atoms with Gasteiger partial charge in [0.25, 0.3) is 0 Å². The Bertz CT molecular complexity index is 2690. The maximum atomic E-state index is 6.32. The van der Waals surface area contributed by atoms with E-state index in [1.165, 1.54) is 27.4 Å². The van der Waals surface area contributed by atoms with E-state index in [4.69, 9.17) is 14.4 Å². The smallest absolute Gasteiger partial charge is 0.121 e. The Morgan fingerprint density at radius 1 is 0.685 bits per heavy atom. The summed E-state index contributed by atoms with van der Waals surface area (Å²) in [6.07, 6.45) is 7.94. The summed E-state index contributed by atoms with van der Waals surface area (Å²) in [5.74, 6) is 0. The van der Waals surface area contributed by atoms with E-state index in [-0.39, 0.29) is 20.1 Å². The summed E-state index contributed by atoms with van der Waals surface area (Å²) in [6.45, 7) is 9.19. The maximum Gasteiger partial charge on any atom is 0.121 e. The second-order valence-electron chi connectivity index (χ2n) is 14.4. The number of hydrogen-bond donors (Lipinski definition) is 0. The molecule has 6 heteroatoms. The van der Waals surface area contributed by atoms with Crippen molar-refractivity contribution < 1.29 is 24.5 Å². The molecule has 0 aliphatic carbocycles. The summed E-state index contributed by atoms with van der Waals surface area (Å²) in [5, 5.41) is 5.75. The molecule has 4 nitrogen and oxygen atoms in total. The third kappa shape index (κ3) is 7.73. The molecule has 0 N–H and O–H groups in total. The summed E-state index contributed by atoms with van der Waals surface area (Å²) >= 11 is 0. The minimum absolute atomic E-state index is 0. The SMILES string of the molecule is Cc1c[c-]c(-c2cc(-c3ccccc3)c([Si](C)(C)C)cn2)cc1.[Ir].[c-]1nc(Cc2ccccc2)c2c(oc3ccccc32)c1-c1cc2ccccc2cn1. The molecule has 1 radical (unpaired) electrons. The first-order chi connectivity index (χ1) is 25.8. The first-order valence-electron chi connectivity index (χ1n) is 18.0. The van der Waals surface area contributed by atoms with Crippen molar-refractivity contribution in [2.75, 3.05) is 0 Å². The predicted octanol–water partition coefficient (Wildman–Crippen LogP) is 11.7. The van der Waals surface area contributed by atoms with Gasteiger partial charge in [-0.25, -0.2) is 0 Å². The first kappa shape index (κ1) is 36.8. The molecule has 0 bridgehead atoms. The van der Waals surface area contributed by atoms with Crippen LogP contribution in [0.2, 0.25) is 19.6 Å². The van der Waals surface area contributed by atoms with Gasteiger partial charge in [0.1, 0.15) is 5.58 Å². The number of benzene rings is 5. The molecule has 9 aromatic rings. The largest absolute Gasteiger partial charge is 0.500 e. The van der Waals surface area contributed by atoms with Crippen molar-refractivity contribution in [3.63, 3.8) is 0 Å². The van der Waals surface area contributed by atoms with Crippen molar-refractivity contribution >= 4 is 46.0 Å². The van der Waals surface area contributed by atoms with Gasteiger partial charge in [0.15, 0.2) is 0 Å². The van der Waals surface area contributed by atoms with Gasteiger partial charge >= 0.3 is 0 Å². The van der Waals surface area contributed by atoms with E-state index < -0.39 is 8.07 Å². The zero-order valence-electron chi connectivity index (χ0n) is 30.7. The van der Waals surface area contributed by atoms with Crippen molar-refractivity contribution in [3.05, 3.63) is 181 Å². The van der Waals surface area contributed by atoms with Gasteiger partial charge in [0, 0.05) is 37.9 Å². The molecular formula is C48H39IrN3OSi-2. The molecule has 4 aromatic heterocycles. The Hall–Kier alpha value is -5.52. The summed E-state index contributed by atoms with van der Waals surface area (Å²) in [5.41, 5.74) is 11.3. The molecule has 9 rings (SSSR count). The van der Waals surface area contributed by atoms with Crippen LogP contribution in [0.3, 0.4) is 0 Å². The molecule has 0 saturated heterocycles. The third-order valence-electron chi connectivity index (χ3n) is 9.56. The van der Waals surface area contributed by atoms with E-state index in [1.54, 1.807) is 0 Å². The fraction of sp³-hybridized carbons (Fsp3) is 0.104. The zero-order valence-corrected chi connectivity index (χ0v) is 34.1. The molecule has 0 saturated carbocycles. The van der Waals surface area contributed by atoms with E-state index in [1.807, 2.05) is 48.7 Å². The summed E-state index contributed by atoms with van der Waals surface area (Å²) in [4.78, 5) is 14.2. The maximum absolute atomic E-state index is 6.32. The molecule has 0 aliphatic rings. The van der Waals surface area contributed by atoms with Gasteiger partial charge in [-0.1, -0.05) is 153 Å². The van der Waals surface area contributed by atoms with Crippen molar-refractivity contribution in [2.45, 2.75) is 33.0 Å². The van der Waals surface area contributed by atoms with Gasteiger partial charge < -0.3 is 19.4 Å². The normalized spacial score (nSPS) is 11.3. The second kappa shape index (κ2) is 15.8. The first-order valence-corrected chi connectivity index (χ1v) is 21.5. The minimum Gasteiger partial charge on any atom is -0.500 e. The average molecular weight is 894 g/mol. The molecule has 0 aliphatic heterocycles. The van der Waals surface area contributed by atoms with Crippen LogP contribution in [0, 0.1) is 19.2 Å². The van der Waals surface area contributed by atoms with Crippen molar-refractivity contribution in [2.24, 2.45) is 0 Å². The van der Waals surface area contributed by atoms with E-state index in [9.17, 15) is 0 Å². The average Bonchev–Trinajstić information content (AvgIpc) is 3.59. The topological polar surface area (TPSA) is 51.8 Å². The number of rotatable bonds is 6. The third-order valence-corrected chi connectivity index (χ3v) is 11.6. The van der Waals surface area contributed by atoms with Crippen LogP contribution in [0.4, 0.5) is 0 Å². The fourth-order valence-corrected chi connectivity index (χ4v) is 8.24. The Balaban J connectivity index is 0.000000170. The van der Waals surface area contributed by atoms with E-state index >= 15 is 0 Å². The summed E-state index contributed by atoms with van der Waals surface area (Å²) in [6, 6.07) is 51.2. The van der Waals surface area contributed by atoms with E-state index in [0.29, 0.717) is 0 Å². The number of aryl methyl sites for hydroxylation is 1. The number of nitrogens with zero attached hydrogens (tertiary/aromatic N) is 3. The quantitative estimate of drug-likeness (QED) is 0.123. The molecule has 4 heterocycles. The van der Waals surface area contributed by atoms with Crippen LogP contribution in [0.5, 0.6) is 0 Å². The monoisotopic (exact) mass is 894 g/mol. The number of fused-ring (bicyclic) bond motifs is 4. The van der Waals surface area contributed by atoms with Gasteiger partial charge in [-0.3, -0.25) is 0 Å². The second-order valence-corrected chi connectivity index (χ2v) is 19.5. The molecule has 0 atom stereocenters. The minimum atomic E-state index is -1.47. The Labute approximate surface area is 331 Å². The Morgan fingerprint density at radius 2 is 1.37 bits per heavy atom. The standard InChI is InChI=1S/C27H17N2O.C21H22NSi.Ir/c1-2-8-18(9-3-1)14-24-26-21-12-6-7-13-25(21)30-27(26)22(17-29-24)23-15-19-10-4-5-11-20(19)16-28-23;1-16-10-12-18(13-11-16)20-14-19(17-8-6-5-7-9-17)21(15-22-20)23(2,3)4;/h1-13,15-16H,14H2;5-12,14-15H,1-4H3;/q2*-1;. The number of hydrogen-bond acceptors (Lipinski definition) is 4. The molecule has 5 aromatic carbocycles. The predicted molar refractivity (Wildman–Crippen MR) is 222 cm³/mol. The number of furan rings is 1. The molecular weight excluding hydrogens is 855 g/mol. The summed E-state index contributed by atoms with van der Waals surface area (Å²) < 4.78 is 6.32. The van der Waals surface area contributed by atoms with Crippen LogP contribution in [-0.2, 0) is 26.5 Å². The number of pyridine rings is 3. The van der Waals surface area contributed by atoms with E-state index in [2.05, 4.69) is 147 Å². The number of aromatic nitrogens is 3. The van der Waals surface area contributed by atoms with Crippen LogP contribution < -0.4 is 5.19 Å². The van der Waals surface area contributed by atoms with Crippen LogP contribution >= 0.6 is 0 Å². The zero-order chi connectivity index (χ0) is 36.4. The Kier molecular flexibility index (Phi) is 10.8. The van der Waals surface area contributed by atoms with Crippen LogP contribution in [0.1, 0.15) is 16.8 Å². The molecule has 0 unspecified atom stereocenters. The molecule has 0 fully saturated rings. The van der Waals surface area contributed by atoms with Crippen molar-refractivity contribution in [1.82, 2.24) is 15.0 Å². The molecule has 267 valence electrons. The fourth-order valence-electron chi connectivity index (χ4n) is 6.77. The molecule has 54 heavy (non-hydrogen) atoms. The molecule has 0 spiro atoms. The van der Waals surface area contributed by atoms with E-state index in [0.717, 1.165) is 67.3 Å². The van der Waals surface area contributed by atoms with Gasteiger partial charge in [-0.2, -0.15) is 0 Å². The summed E-state index contributed by atoms with van der Waals surface area (Å²) in [7, 11) is -1.47. The van der Waals surface area contributed by atoms with Gasteiger partial charge in [0.05, 0.1) is 13.7 Å². The Morgan fingerprint density at radius 3 is 2.11 bits per heavy atom.